The zero-order valence-electron chi connectivity index (χ0n) is 14.4. The second kappa shape index (κ2) is 6.33. The maximum absolute atomic E-state index is 13.2. The molecule has 1 amide bonds. The van der Waals surface area contributed by atoms with Crippen LogP contribution in [0.5, 0.6) is 0 Å². The standard InChI is InChI=1S/C20H21N3O2/c1-14-11-23(19(12-25-14)15-6-4-3-5-7-15)20(24)16-8-9-18-17(10-16)21-13-22(18)2/h3-10,13-14,19H,11-12H2,1-2H3/t14-,19+/m0/s1. The van der Waals surface area contributed by atoms with Gasteiger partial charge in [0.25, 0.3) is 5.91 Å². The van der Waals surface area contributed by atoms with Crippen molar-refractivity contribution in [3.8, 4) is 0 Å². The van der Waals surface area contributed by atoms with E-state index >= 15 is 0 Å². The van der Waals surface area contributed by atoms with Crippen molar-refractivity contribution in [3.05, 3.63) is 66.0 Å². The van der Waals surface area contributed by atoms with Gasteiger partial charge in [0.1, 0.15) is 0 Å². The van der Waals surface area contributed by atoms with Gasteiger partial charge in [-0.2, -0.15) is 0 Å². The third-order valence-electron chi connectivity index (χ3n) is 4.79. The number of fused-ring (bicyclic) bond motifs is 1. The number of aromatic nitrogens is 2. The van der Waals surface area contributed by atoms with Crippen LogP contribution in [0.15, 0.2) is 54.9 Å². The van der Waals surface area contributed by atoms with Crippen LogP contribution in [0.4, 0.5) is 0 Å². The number of carbonyl (C=O) groups is 1. The number of hydrogen-bond donors (Lipinski definition) is 0. The third-order valence-corrected chi connectivity index (χ3v) is 4.79. The summed E-state index contributed by atoms with van der Waals surface area (Å²) in [7, 11) is 1.95. The summed E-state index contributed by atoms with van der Waals surface area (Å²) in [6.07, 6.45) is 1.80. The first-order valence-corrected chi connectivity index (χ1v) is 8.52. The summed E-state index contributed by atoms with van der Waals surface area (Å²) in [5, 5.41) is 0. The Balaban J connectivity index is 1.69. The van der Waals surface area contributed by atoms with Crippen LogP contribution in [0.3, 0.4) is 0 Å². The molecule has 0 unspecified atom stereocenters. The first kappa shape index (κ1) is 15.8. The lowest BCUT2D eigenvalue weighted by atomic mass is 10.0. The molecule has 1 fully saturated rings. The number of amides is 1. The minimum atomic E-state index is -0.0654. The van der Waals surface area contributed by atoms with E-state index in [1.54, 1.807) is 6.33 Å². The van der Waals surface area contributed by atoms with E-state index in [9.17, 15) is 4.79 Å². The van der Waals surface area contributed by atoms with Gasteiger partial charge in [-0.25, -0.2) is 4.98 Å². The minimum Gasteiger partial charge on any atom is -0.374 e. The number of morpholine rings is 1. The van der Waals surface area contributed by atoms with Gasteiger partial charge in [-0.15, -0.1) is 0 Å². The Morgan fingerprint density at radius 1 is 1.20 bits per heavy atom. The topological polar surface area (TPSA) is 47.4 Å². The van der Waals surface area contributed by atoms with E-state index in [4.69, 9.17) is 4.74 Å². The lowest BCUT2D eigenvalue weighted by Crippen LogP contribution is -2.46. The molecule has 1 aliphatic heterocycles. The number of rotatable bonds is 2. The molecule has 0 N–H and O–H groups in total. The largest absolute Gasteiger partial charge is 0.374 e. The van der Waals surface area contributed by atoms with Crippen LogP contribution in [0.25, 0.3) is 11.0 Å². The van der Waals surface area contributed by atoms with E-state index in [0.717, 1.165) is 16.6 Å². The summed E-state index contributed by atoms with van der Waals surface area (Å²) in [5.41, 5.74) is 3.63. The highest BCUT2D eigenvalue weighted by molar-refractivity contribution is 5.97. The van der Waals surface area contributed by atoms with Gasteiger partial charge in [-0.3, -0.25) is 4.79 Å². The average Bonchev–Trinajstić information content (AvgIpc) is 3.02. The van der Waals surface area contributed by atoms with Gasteiger partial charge in [0, 0.05) is 19.2 Å². The van der Waals surface area contributed by atoms with Crippen LogP contribution in [0.1, 0.15) is 28.9 Å². The Bertz CT molecular complexity index is 904. The third kappa shape index (κ3) is 2.91. The fourth-order valence-electron chi connectivity index (χ4n) is 3.41. The predicted octanol–water partition coefficient (Wildman–Crippen LogP) is 3.18. The highest BCUT2D eigenvalue weighted by Gasteiger charge is 2.32. The van der Waals surface area contributed by atoms with E-state index in [2.05, 4.69) is 4.98 Å². The van der Waals surface area contributed by atoms with Crippen molar-refractivity contribution in [3.63, 3.8) is 0 Å². The summed E-state index contributed by atoms with van der Waals surface area (Å²) in [5.74, 6) is 0.0246. The summed E-state index contributed by atoms with van der Waals surface area (Å²) in [6, 6.07) is 15.7. The molecule has 4 rings (SSSR count). The van der Waals surface area contributed by atoms with E-state index in [1.807, 2.05) is 72.0 Å². The van der Waals surface area contributed by atoms with E-state index in [-0.39, 0.29) is 18.1 Å². The lowest BCUT2D eigenvalue weighted by Gasteiger charge is -2.39. The van der Waals surface area contributed by atoms with Crippen molar-refractivity contribution in [2.24, 2.45) is 7.05 Å². The number of ether oxygens (including phenoxy) is 1. The van der Waals surface area contributed by atoms with E-state index < -0.39 is 0 Å². The van der Waals surface area contributed by atoms with Gasteiger partial charge in [0.15, 0.2) is 0 Å². The molecule has 0 bridgehead atoms. The van der Waals surface area contributed by atoms with Crippen LogP contribution in [-0.4, -0.2) is 39.6 Å². The molecule has 2 atom stereocenters. The predicted molar refractivity (Wildman–Crippen MR) is 96.3 cm³/mol. The van der Waals surface area contributed by atoms with Crippen LogP contribution in [0, 0.1) is 0 Å². The lowest BCUT2D eigenvalue weighted by molar-refractivity contribution is -0.0447. The van der Waals surface area contributed by atoms with E-state index in [1.165, 1.54) is 0 Å². The van der Waals surface area contributed by atoms with Gasteiger partial charge >= 0.3 is 0 Å². The molecule has 2 aromatic carbocycles. The zero-order valence-corrected chi connectivity index (χ0v) is 14.4. The Morgan fingerprint density at radius 2 is 2.00 bits per heavy atom. The van der Waals surface area contributed by atoms with Gasteiger partial charge in [-0.05, 0) is 30.7 Å². The molecule has 0 saturated carbocycles. The number of benzene rings is 2. The maximum Gasteiger partial charge on any atom is 0.254 e. The highest BCUT2D eigenvalue weighted by atomic mass is 16.5. The molecule has 1 saturated heterocycles. The molecule has 1 aliphatic rings. The maximum atomic E-state index is 13.2. The molecule has 128 valence electrons. The summed E-state index contributed by atoms with van der Waals surface area (Å²) >= 11 is 0. The number of nitrogens with zero attached hydrogens (tertiary/aromatic N) is 3. The number of imidazole rings is 1. The molecule has 0 radical (unpaired) electrons. The second-order valence-electron chi connectivity index (χ2n) is 6.59. The van der Waals surface area contributed by atoms with Gasteiger partial charge in [0.05, 0.1) is 36.1 Å². The molecule has 5 heteroatoms. The Kier molecular flexibility index (Phi) is 4.01. The molecular formula is C20H21N3O2. The molecule has 3 aromatic rings. The second-order valence-corrected chi connectivity index (χ2v) is 6.59. The Hall–Kier alpha value is -2.66. The molecule has 25 heavy (non-hydrogen) atoms. The number of aryl methyl sites for hydroxylation is 1. The van der Waals surface area contributed by atoms with Crippen LogP contribution >= 0.6 is 0 Å². The Labute approximate surface area is 146 Å². The first-order valence-electron chi connectivity index (χ1n) is 8.52. The summed E-state index contributed by atoms with van der Waals surface area (Å²) < 4.78 is 7.78. The minimum absolute atomic E-state index is 0.0246. The van der Waals surface area contributed by atoms with Crippen molar-refractivity contribution in [2.75, 3.05) is 13.2 Å². The van der Waals surface area contributed by atoms with Crippen molar-refractivity contribution >= 4 is 16.9 Å². The summed E-state index contributed by atoms with van der Waals surface area (Å²) in [4.78, 5) is 19.5. The van der Waals surface area contributed by atoms with Crippen molar-refractivity contribution < 1.29 is 9.53 Å². The fourth-order valence-corrected chi connectivity index (χ4v) is 3.41. The van der Waals surface area contributed by atoms with Crippen LogP contribution < -0.4 is 0 Å². The van der Waals surface area contributed by atoms with Crippen molar-refractivity contribution in [2.45, 2.75) is 19.1 Å². The van der Waals surface area contributed by atoms with Crippen LogP contribution in [0.2, 0.25) is 0 Å². The molecule has 0 aliphatic carbocycles. The van der Waals surface area contributed by atoms with Gasteiger partial charge in [-0.1, -0.05) is 30.3 Å². The monoisotopic (exact) mass is 335 g/mol. The quantitative estimate of drug-likeness (QED) is 0.723. The molecule has 5 nitrogen and oxygen atoms in total. The average molecular weight is 335 g/mol. The molecule has 1 aromatic heterocycles. The highest BCUT2D eigenvalue weighted by Crippen LogP contribution is 2.28. The van der Waals surface area contributed by atoms with Gasteiger partial charge in [0.2, 0.25) is 0 Å². The molecule has 0 spiro atoms. The normalized spacial score (nSPS) is 20.8. The van der Waals surface area contributed by atoms with E-state index in [0.29, 0.717) is 18.7 Å². The van der Waals surface area contributed by atoms with Crippen molar-refractivity contribution in [1.29, 1.82) is 0 Å². The SMILES string of the molecule is C[C@H]1CN(C(=O)c2ccc3c(c2)ncn3C)[C@@H](c2ccccc2)CO1. The molecule has 2 heterocycles. The van der Waals surface area contributed by atoms with Crippen LogP contribution in [-0.2, 0) is 11.8 Å². The van der Waals surface area contributed by atoms with Gasteiger partial charge < -0.3 is 14.2 Å². The zero-order chi connectivity index (χ0) is 17.4. The molecular weight excluding hydrogens is 314 g/mol. The number of hydrogen-bond acceptors (Lipinski definition) is 3. The Morgan fingerprint density at radius 3 is 2.80 bits per heavy atom. The fraction of sp³-hybridized carbons (Fsp3) is 0.300. The van der Waals surface area contributed by atoms with Crippen molar-refractivity contribution in [1.82, 2.24) is 14.5 Å². The summed E-state index contributed by atoms with van der Waals surface area (Å²) in [6.45, 7) is 3.10. The smallest absolute Gasteiger partial charge is 0.254 e. The first-order chi connectivity index (χ1) is 12.1. The number of carbonyl (C=O) groups excluding carboxylic acids is 1.